The fraction of sp³-hybridized carbons (Fsp3) is 0.357. The number of carbonyl (C=O) groups excluding carboxylic acids is 1. The van der Waals surface area contributed by atoms with E-state index in [9.17, 15) is 9.00 Å². The molecule has 0 bridgehead atoms. The van der Waals surface area contributed by atoms with Crippen molar-refractivity contribution in [2.24, 2.45) is 0 Å². The number of carbonyl (C=O) groups is 1. The molecule has 1 aromatic carbocycles. The summed E-state index contributed by atoms with van der Waals surface area (Å²) in [5.41, 5.74) is 3.23. The molecule has 0 aliphatic carbocycles. The highest BCUT2D eigenvalue weighted by Crippen LogP contribution is 2.19. The summed E-state index contributed by atoms with van der Waals surface area (Å²) in [4.78, 5) is 15.0. The third-order valence-corrected chi connectivity index (χ3v) is 3.76. The first kappa shape index (κ1) is 13.8. The fourth-order valence-corrected chi connectivity index (χ4v) is 2.41. The molecule has 1 atom stereocenters. The zero-order chi connectivity index (χ0) is 13.8. The summed E-state index contributed by atoms with van der Waals surface area (Å²) in [5, 5.41) is 3.87. The average molecular weight is 278 g/mol. The number of nitrogens with one attached hydrogen (secondary N) is 2. The van der Waals surface area contributed by atoms with Crippen LogP contribution in [-0.4, -0.2) is 33.7 Å². The predicted octanol–water partition coefficient (Wildman–Crippen LogP) is 1.51. The van der Waals surface area contributed by atoms with Crippen LogP contribution in [0.1, 0.15) is 11.1 Å². The highest BCUT2D eigenvalue weighted by atomic mass is 32.2. The van der Waals surface area contributed by atoms with Crippen molar-refractivity contribution in [2.75, 3.05) is 18.6 Å². The molecule has 2 aromatic rings. The maximum Gasteiger partial charge on any atom is 0.224 e. The molecule has 0 aliphatic heterocycles. The first-order chi connectivity index (χ1) is 9.06. The minimum atomic E-state index is -0.866. The van der Waals surface area contributed by atoms with Gasteiger partial charge in [-0.05, 0) is 24.1 Å². The molecule has 4 nitrogen and oxygen atoms in total. The van der Waals surface area contributed by atoms with E-state index in [1.54, 1.807) is 6.26 Å². The molecule has 102 valence electrons. The standard InChI is InChI=1S/C14H18N2O2S/c1-10-3-4-12-11(9-16-13(12)7-10)8-14(17)15-5-6-19(2)18/h3-4,7,9,16H,5-6,8H2,1-2H3,(H,15,17). The Morgan fingerprint density at radius 1 is 1.42 bits per heavy atom. The van der Waals surface area contributed by atoms with E-state index in [-0.39, 0.29) is 5.91 Å². The van der Waals surface area contributed by atoms with Crippen LogP contribution in [0.5, 0.6) is 0 Å². The molecule has 2 rings (SSSR count). The highest BCUT2D eigenvalue weighted by Gasteiger charge is 2.08. The smallest absolute Gasteiger partial charge is 0.224 e. The van der Waals surface area contributed by atoms with Gasteiger partial charge in [0.05, 0.1) is 6.42 Å². The van der Waals surface area contributed by atoms with Gasteiger partial charge in [-0.2, -0.15) is 0 Å². The monoisotopic (exact) mass is 278 g/mol. The molecular weight excluding hydrogens is 260 g/mol. The van der Waals surface area contributed by atoms with Crippen molar-refractivity contribution in [2.45, 2.75) is 13.3 Å². The average Bonchev–Trinajstić information content (AvgIpc) is 2.71. The third kappa shape index (κ3) is 3.67. The van der Waals surface area contributed by atoms with Crippen molar-refractivity contribution in [3.63, 3.8) is 0 Å². The molecule has 0 fully saturated rings. The number of H-pyrrole nitrogens is 1. The van der Waals surface area contributed by atoms with E-state index in [1.165, 1.54) is 5.56 Å². The van der Waals surface area contributed by atoms with Crippen molar-refractivity contribution in [3.8, 4) is 0 Å². The molecule has 1 unspecified atom stereocenters. The number of fused-ring (bicyclic) bond motifs is 1. The maximum absolute atomic E-state index is 11.8. The van der Waals surface area contributed by atoms with Gasteiger partial charge in [-0.1, -0.05) is 12.1 Å². The molecule has 1 amide bonds. The number of hydrogen-bond donors (Lipinski definition) is 2. The molecule has 1 aromatic heterocycles. The van der Waals surface area contributed by atoms with Crippen molar-refractivity contribution in [1.29, 1.82) is 0 Å². The molecule has 0 spiro atoms. The lowest BCUT2D eigenvalue weighted by Gasteiger charge is -2.03. The largest absolute Gasteiger partial charge is 0.361 e. The van der Waals surface area contributed by atoms with Crippen LogP contribution >= 0.6 is 0 Å². The van der Waals surface area contributed by atoms with E-state index >= 15 is 0 Å². The van der Waals surface area contributed by atoms with Gasteiger partial charge in [-0.15, -0.1) is 0 Å². The number of rotatable bonds is 5. The topological polar surface area (TPSA) is 62.0 Å². The van der Waals surface area contributed by atoms with Crippen LogP contribution in [0.4, 0.5) is 0 Å². The van der Waals surface area contributed by atoms with Crippen molar-refractivity contribution < 1.29 is 9.00 Å². The number of aromatic nitrogens is 1. The Bertz CT molecular complexity index is 619. The molecule has 0 saturated heterocycles. The van der Waals surface area contributed by atoms with Gasteiger partial charge in [0.1, 0.15) is 0 Å². The van der Waals surface area contributed by atoms with Crippen LogP contribution < -0.4 is 5.32 Å². The van der Waals surface area contributed by atoms with E-state index in [0.717, 1.165) is 16.5 Å². The van der Waals surface area contributed by atoms with Crippen molar-refractivity contribution >= 4 is 27.6 Å². The molecular formula is C14H18N2O2S. The maximum atomic E-state index is 11.8. The zero-order valence-corrected chi connectivity index (χ0v) is 12.0. The minimum absolute atomic E-state index is 0.0353. The highest BCUT2D eigenvalue weighted by molar-refractivity contribution is 7.84. The number of hydrogen-bond acceptors (Lipinski definition) is 2. The van der Waals surface area contributed by atoms with Crippen LogP contribution in [0, 0.1) is 6.92 Å². The van der Waals surface area contributed by atoms with Gasteiger partial charge in [0.2, 0.25) is 5.91 Å². The summed E-state index contributed by atoms with van der Waals surface area (Å²) in [5.74, 6) is 0.464. The molecule has 2 N–H and O–H groups in total. The SMILES string of the molecule is Cc1ccc2c(CC(=O)NCCS(C)=O)c[nH]c2c1. The van der Waals surface area contributed by atoms with E-state index in [4.69, 9.17) is 0 Å². The van der Waals surface area contributed by atoms with E-state index < -0.39 is 10.8 Å². The first-order valence-electron chi connectivity index (χ1n) is 6.19. The van der Waals surface area contributed by atoms with E-state index in [1.807, 2.05) is 25.3 Å². The Kier molecular flexibility index (Phi) is 4.37. The van der Waals surface area contributed by atoms with Gasteiger partial charge in [0.25, 0.3) is 0 Å². The second kappa shape index (κ2) is 6.02. The lowest BCUT2D eigenvalue weighted by atomic mass is 10.1. The number of benzene rings is 1. The molecule has 1 heterocycles. The van der Waals surface area contributed by atoms with Gasteiger partial charge >= 0.3 is 0 Å². The number of amides is 1. The van der Waals surface area contributed by atoms with Crippen LogP contribution in [-0.2, 0) is 22.0 Å². The predicted molar refractivity (Wildman–Crippen MR) is 78.7 cm³/mol. The van der Waals surface area contributed by atoms with Crippen LogP contribution in [0.2, 0.25) is 0 Å². The zero-order valence-electron chi connectivity index (χ0n) is 11.2. The lowest BCUT2D eigenvalue weighted by molar-refractivity contribution is -0.120. The van der Waals surface area contributed by atoms with Gasteiger partial charge < -0.3 is 10.3 Å². The summed E-state index contributed by atoms with van der Waals surface area (Å²) in [6.07, 6.45) is 3.86. The van der Waals surface area contributed by atoms with Gasteiger partial charge in [-0.25, -0.2) is 0 Å². The first-order valence-corrected chi connectivity index (χ1v) is 7.92. The van der Waals surface area contributed by atoms with Crippen LogP contribution in [0.15, 0.2) is 24.4 Å². The Labute approximate surface area is 115 Å². The second-order valence-electron chi connectivity index (χ2n) is 4.67. The second-order valence-corrected chi connectivity index (χ2v) is 6.22. The Balaban J connectivity index is 2.01. The summed E-state index contributed by atoms with van der Waals surface area (Å²) in [7, 11) is -0.866. The van der Waals surface area contributed by atoms with E-state index in [0.29, 0.717) is 18.7 Å². The summed E-state index contributed by atoms with van der Waals surface area (Å²) in [6, 6.07) is 6.14. The van der Waals surface area contributed by atoms with Crippen LogP contribution in [0.3, 0.4) is 0 Å². The third-order valence-electron chi connectivity index (χ3n) is 2.99. The van der Waals surface area contributed by atoms with Crippen molar-refractivity contribution in [1.82, 2.24) is 10.3 Å². The normalized spacial score (nSPS) is 12.5. The van der Waals surface area contributed by atoms with Gasteiger partial charge in [0, 0.05) is 46.5 Å². The van der Waals surface area contributed by atoms with E-state index in [2.05, 4.69) is 16.4 Å². The van der Waals surface area contributed by atoms with Gasteiger partial charge in [0.15, 0.2) is 0 Å². The number of aromatic amines is 1. The molecule has 0 saturated carbocycles. The van der Waals surface area contributed by atoms with Crippen LogP contribution in [0.25, 0.3) is 10.9 Å². The summed E-state index contributed by atoms with van der Waals surface area (Å²) < 4.78 is 10.9. The molecule has 19 heavy (non-hydrogen) atoms. The summed E-state index contributed by atoms with van der Waals surface area (Å²) >= 11 is 0. The fourth-order valence-electron chi connectivity index (χ4n) is 2.02. The van der Waals surface area contributed by atoms with Crippen molar-refractivity contribution in [3.05, 3.63) is 35.5 Å². The van der Waals surface area contributed by atoms with Gasteiger partial charge in [-0.3, -0.25) is 9.00 Å². The number of aryl methyl sites for hydroxylation is 1. The lowest BCUT2D eigenvalue weighted by Crippen LogP contribution is -2.28. The minimum Gasteiger partial charge on any atom is -0.361 e. The Morgan fingerprint density at radius 2 is 2.21 bits per heavy atom. The Hall–Kier alpha value is -1.62. The molecule has 5 heteroatoms. The molecule has 0 aliphatic rings. The molecule has 0 radical (unpaired) electrons. The Morgan fingerprint density at radius 3 is 2.95 bits per heavy atom. The summed E-state index contributed by atoms with van der Waals surface area (Å²) in [6.45, 7) is 2.50. The quantitative estimate of drug-likeness (QED) is 0.871.